The average molecular weight is 252 g/mol. The Labute approximate surface area is 105 Å². The number of nitrogens with one attached hydrogen (secondary N) is 1. The second-order valence-corrected chi connectivity index (χ2v) is 3.65. The van der Waals surface area contributed by atoms with Gasteiger partial charge in [-0.15, -0.1) is 0 Å². The highest BCUT2D eigenvalue weighted by atomic mass is 16.5. The largest absolute Gasteiger partial charge is 0.449 e. The molecule has 1 aromatic rings. The average Bonchev–Trinajstić information content (AvgIpc) is 2.36. The lowest BCUT2D eigenvalue weighted by atomic mass is 10.2. The normalized spacial score (nSPS) is 11.7. The molecule has 1 atom stereocenters. The Balaban J connectivity index is 2.81. The van der Waals surface area contributed by atoms with Crippen molar-refractivity contribution in [1.29, 1.82) is 0 Å². The standard InChI is InChI=1S/C12H16N2O4/c1-8(11(13)16)18-12(17)9-4-2-3-5-10(9)14-6-7-15/h2-5,8,14-15H,6-7H2,1H3,(H2,13,16)/t8-/m1/s1. The van der Waals surface area contributed by atoms with Gasteiger partial charge in [0.1, 0.15) is 0 Å². The first-order chi connectivity index (χ1) is 8.56. The molecule has 0 aliphatic carbocycles. The summed E-state index contributed by atoms with van der Waals surface area (Å²) in [6.45, 7) is 1.67. The molecule has 0 radical (unpaired) electrons. The molecule has 0 unspecified atom stereocenters. The molecule has 0 aromatic heterocycles. The number of aliphatic hydroxyl groups excluding tert-OH is 1. The van der Waals surface area contributed by atoms with Crippen LogP contribution in [0.2, 0.25) is 0 Å². The minimum Gasteiger partial charge on any atom is -0.449 e. The van der Waals surface area contributed by atoms with Gasteiger partial charge in [-0.2, -0.15) is 0 Å². The van der Waals surface area contributed by atoms with E-state index in [1.54, 1.807) is 24.3 Å². The summed E-state index contributed by atoms with van der Waals surface area (Å²) in [4.78, 5) is 22.6. The van der Waals surface area contributed by atoms with E-state index in [0.717, 1.165) is 0 Å². The van der Waals surface area contributed by atoms with Crippen LogP contribution in [0.25, 0.3) is 0 Å². The monoisotopic (exact) mass is 252 g/mol. The highest BCUT2D eigenvalue weighted by molar-refractivity contribution is 5.97. The second-order valence-electron chi connectivity index (χ2n) is 3.65. The van der Waals surface area contributed by atoms with Crippen LogP contribution in [0, 0.1) is 0 Å². The van der Waals surface area contributed by atoms with Crippen LogP contribution in [0.15, 0.2) is 24.3 Å². The van der Waals surface area contributed by atoms with Crippen LogP contribution in [-0.2, 0) is 9.53 Å². The van der Waals surface area contributed by atoms with Crippen molar-refractivity contribution >= 4 is 17.6 Å². The van der Waals surface area contributed by atoms with Crippen LogP contribution < -0.4 is 11.1 Å². The van der Waals surface area contributed by atoms with Gasteiger partial charge in [-0.3, -0.25) is 4.79 Å². The summed E-state index contributed by atoms with van der Waals surface area (Å²) in [7, 11) is 0. The Morgan fingerprint density at radius 1 is 1.44 bits per heavy atom. The van der Waals surface area contributed by atoms with Gasteiger partial charge in [0.05, 0.1) is 12.2 Å². The Kier molecular flexibility index (Phi) is 5.13. The summed E-state index contributed by atoms with van der Waals surface area (Å²) in [5, 5.41) is 11.6. The molecule has 0 bridgehead atoms. The number of nitrogens with two attached hydrogens (primary N) is 1. The first kappa shape index (κ1) is 14.0. The summed E-state index contributed by atoms with van der Waals surface area (Å²) >= 11 is 0. The molecule has 18 heavy (non-hydrogen) atoms. The van der Waals surface area contributed by atoms with Crippen LogP contribution in [0.4, 0.5) is 5.69 Å². The minimum absolute atomic E-state index is 0.0545. The number of amides is 1. The summed E-state index contributed by atoms with van der Waals surface area (Å²) in [5.74, 6) is -1.34. The predicted molar refractivity (Wildman–Crippen MR) is 66.1 cm³/mol. The zero-order chi connectivity index (χ0) is 13.5. The van der Waals surface area contributed by atoms with Gasteiger partial charge in [-0.05, 0) is 19.1 Å². The van der Waals surface area contributed by atoms with Gasteiger partial charge in [-0.1, -0.05) is 12.1 Å². The second kappa shape index (κ2) is 6.61. The predicted octanol–water partition coefficient (Wildman–Crippen LogP) is 0.121. The molecule has 1 amide bonds. The number of esters is 1. The smallest absolute Gasteiger partial charge is 0.341 e. The third-order valence-corrected chi connectivity index (χ3v) is 2.26. The summed E-state index contributed by atoms with van der Waals surface area (Å²) in [6.07, 6.45) is -0.983. The molecule has 0 aliphatic rings. The van der Waals surface area contributed by atoms with Crippen molar-refractivity contribution in [1.82, 2.24) is 0 Å². The number of para-hydroxylation sites is 1. The number of benzene rings is 1. The molecule has 98 valence electrons. The fourth-order valence-electron chi connectivity index (χ4n) is 1.29. The lowest BCUT2D eigenvalue weighted by Gasteiger charge is -2.13. The summed E-state index contributed by atoms with van der Waals surface area (Å²) in [6, 6.07) is 6.67. The van der Waals surface area contributed by atoms with Gasteiger partial charge in [0, 0.05) is 12.2 Å². The van der Waals surface area contributed by atoms with E-state index in [4.69, 9.17) is 15.6 Å². The number of carbonyl (C=O) groups excluding carboxylic acids is 2. The summed E-state index contributed by atoms with van der Waals surface area (Å²) in [5.41, 5.74) is 5.84. The molecule has 0 heterocycles. The van der Waals surface area contributed by atoms with Crippen molar-refractivity contribution in [3.63, 3.8) is 0 Å². The quantitative estimate of drug-likeness (QED) is 0.624. The number of anilines is 1. The molecular formula is C12H16N2O4. The lowest BCUT2D eigenvalue weighted by Crippen LogP contribution is -2.30. The van der Waals surface area contributed by atoms with E-state index < -0.39 is 18.0 Å². The maximum atomic E-state index is 11.8. The van der Waals surface area contributed by atoms with Crippen LogP contribution in [-0.4, -0.2) is 36.2 Å². The number of ether oxygens (including phenoxy) is 1. The van der Waals surface area contributed by atoms with E-state index in [-0.39, 0.29) is 6.61 Å². The summed E-state index contributed by atoms with van der Waals surface area (Å²) < 4.78 is 4.90. The fraction of sp³-hybridized carbons (Fsp3) is 0.333. The number of primary amides is 1. The zero-order valence-electron chi connectivity index (χ0n) is 10.1. The Bertz CT molecular complexity index is 434. The fourth-order valence-corrected chi connectivity index (χ4v) is 1.29. The number of aliphatic hydroxyl groups is 1. The number of carbonyl (C=O) groups is 2. The molecular weight excluding hydrogens is 236 g/mol. The maximum Gasteiger partial charge on any atom is 0.341 e. The number of rotatable bonds is 6. The first-order valence-corrected chi connectivity index (χ1v) is 5.50. The van der Waals surface area contributed by atoms with E-state index in [1.807, 2.05) is 0 Å². The topological polar surface area (TPSA) is 102 Å². The highest BCUT2D eigenvalue weighted by Crippen LogP contribution is 2.16. The van der Waals surface area contributed by atoms with Gasteiger partial charge in [0.15, 0.2) is 6.10 Å². The van der Waals surface area contributed by atoms with E-state index in [2.05, 4.69) is 5.32 Å². The van der Waals surface area contributed by atoms with E-state index in [9.17, 15) is 9.59 Å². The van der Waals surface area contributed by atoms with E-state index >= 15 is 0 Å². The van der Waals surface area contributed by atoms with Crippen molar-refractivity contribution in [2.75, 3.05) is 18.5 Å². The molecule has 0 saturated carbocycles. The van der Waals surface area contributed by atoms with Gasteiger partial charge in [-0.25, -0.2) is 4.79 Å². The van der Waals surface area contributed by atoms with Crippen LogP contribution in [0.3, 0.4) is 0 Å². The highest BCUT2D eigenvalue weighted by Gasteiger charge is 2.18. The Morgan fingerprint density at radius 2 is 2.11 bits per heavy atom. The van der Waals surface area contributed by atoms with Crippen molar-refractivity contribution in [2.24, 2.45) is 5.73 Å². The first-order valence-electron chi connectivity index (χ1n) is 5.50. The molecule has 6 nitrogen and oxygen atoms in total. The molecule has 4 N–H and O–H groups in total. The minimum atomic E-state index is -0.983. The van der Waals surface area contributed by atoms with Crippen LogP contribution >= 0.6 is 0 Å². The molecule has 0 spiro atoms. The third kappa shape index (κ3) is 3.74. The van der Waals surface area contributed by atoms with Gasteiger partial charge in [0.2, 0.25) is 0 Å². The maximum absolute atomic E-state index is 11.8. The Hall–Kier alpha value is -2.08. The molecule has 1 rings (SSSR count). The third-order valence-electron chi connectivity index (χ3n) is 2.26. The molecule has 0 aliphatic heterocycles. The van der Waals surface area contributed by atoms with E-state index in [1.165, 1.54) is 6.92 Å². The van der Waals surface area contributed by atoms with Crippen LogP contribution in [0.5, 0.6) is 0 Å². The lowest BCUT2D eigenvalue weighted by molar-refractivity contribution is -0.125. The van der Waals surface area contributed by atoms with Gasteiger partial charge in [0.25, 0.3) is 5.91 Å². The van der Waals surface area contributed by atoms with Gasteiger partial charge >= 0.3 is 5.97 Å². The van der Waals surface area contributed by atoms with Gasteiger partial charge < -0.3 is 20.9 Å². The number of hydrogen-bond acceptors (Lipinski definition) is 5. The van der Waals surface area contributed by atoms with Crippen molar-refractivity contribution in [3.05, 3.63) is 29.8 Å². The molecule has 6 heteroatoms. The van der Waals surface area contributed by atoms with Crippen LogP contribution in [0.1, 0.15) is 17.3 Å². The molecule has 0 saturated heterocycles. The van der Waals surface area contributed by atoms with Crippen molar-refractivity contribution in [3.8, 4) is 0 Å². The number of hydrogen-bond donors (Lipinski definition) is 3. The Morgan fingerprint density at radius 3 is 2.72 bits per heavy atom. The SMILES string of the molecule is C[C@@H](OC(=O)c1ccccc1NCCO)C(N)=O. The van der Waals surface area contributed by atoms with E-state index in [0.29, 0.717) is 17.8 Å². The molecule has 1 aromatic carbocycles. The molecule has 0 fully saturated rings. The van der Waals surface area contributed by atoms with Crippen molar-refractivity contribution in [2.45, 2.75) is 13.0 Å². The zero-order valence-corrected chi connectivity index (χ0v) is 10.1. The van der Waals surface area contributed by atoms with Crippen molar-refractivity contribution < 1.29 is 19.4 Å².